The second-order valence-electron chi connectivity index (χ2n) is 4.09. The number of aryl methyl sites for hydroxylation is 1. The van der Waals surface area contributed by atoms with Crippen LogP contribution in [0.25, 0.3) is 0 Å². The van der Waals surface area contributed by atoms with Gasteiger partial charge in [-0.1, -0.05) is 11.6 Å². The number of halogens is 3. The topological polar surface area (TPSA) is 49.7 Å². The number of alkyl halides is 3. The van der Waals surface area contributed by atoms with Gasteiger partial charge in [-0.25, -0.2) is 0 Å². The van der Waals surface area contributed by atoms with Gasteiger partial charge in [-0.05, 0) is 26.0 Å². The molecule has 102 valence electrons. The van der Waals surface area contributed by atoms with E-state index in [-0.39, 0.29) is 5.75 Å². The summed E-state index contributed by atoms with van der Waals surface area (Å²) in [6.07, 6.45) is -8.11. The molecular weight excluding hydrogens is 249 g/mol. The van der Waals surface area contributed by atoms with Crippen LogP contribution in [-0.2, 0) is 0 Å². The fourth-order valence-corrected chi connectivity index (χ4v) is 1.39. The highest BCUT2D eigenvalue weighted by Crippen LogP contribution is 2.27. The Balaban J connectivity index is 2.79. The van der Waals surface area contributed by atoms with Crippen molar-refractivity contribution in [1.29, 1.82) is 0 Å². The molecule has 1 aromatic rings. The van der Waals surface area contributed by atoms with E-state index in [0.29, 0.717) is 5.56 Å². The van der Waals surface area contributed by atoms with Crippen LogP contribution < -0.4 is 4.74 Å². The van der Waals surface area contributed by atoms with Crippen molar-refractivity contribution < 1.29 is 28.1 Å². The summed E-state index contributed by atoms with van der Waals surface area (Å²) in [6, 6.07) is 4.75. The third kappa shape index (κ3) is 3.89. The number of hydrogen-bond donors (Lipinski definition) is 2. The Labute approximate surface area is 103 Å². The SMILES string of the molecule is Cc1ccc(OCC(O)C(F)(F)F)c([C@@H](C)O)c1. The van der Waals surface area contributed by atoms with E-state index in [4.69, 9.17) is 9.84 Å². The van der Waals surface area contributed by atoms with Crippen LogP contribution in [0.5, 0.6) is 5.75 Å². The quantitative estimate of drug-likeness (QED) is 0.877. The number of benzene rings is 1. The molecular formula is C12H15F3O3. The van der Waals surface area contributed by atoms with Crippen LogP contribution in [0.3, 0.4) is 0 Å². The Morgan fingerprint density at radius 3 is 2.39 bits per heavy atom. The predicted molar refractivity (Wildman–Crippen MR) is 59.4 cm³/mol. The van der Waals surface area contributed by atoms with Gasteiger partial charge in [-0.15, -0.1) is 0 Å². The van der Waals surface area contributed by atoms with Crippen molar-refractivity contribution in [3.8, 4) is 5.75 Å². The summed E-state index contributed by atoms with van der Waals surface area (Å²) < 4.78 is 41.2. The lowest BCUT2D eigenvalue weighted by molar-refractivity contribution is -0.210. The van der Waals surface area contributed by atoms with Crippen LogP contribution >= 0.6 is 0 Å². The van der Waals surface area contributed by atoms with Crippen LogP contribution in [-0.4, -0.2) is 29.1 Å². The minimum Gasteiger partial charge on any atom is -0.490 e. The average Bonchev–Trinajstić information content (AvgIpc) is 2.25. The van der Waals surface area contributed by atoms with Crippen molar-refractivity contribution in [2.24, 2.45) is 0 Å². The number of aliphatic hydroxyl groups is 2. The first-order chi connectivity index (χ1) is 8.21. The minimum atomic E-state index is -4.71. The van der Waals surface area contributed by atoms with Crippen molar-refractivity contribution in [2.75, 3.05) is 6.61 Å². The lowest BCUT2D eigenvalue weighted by atomic mass is 10.1. The van der Waals surface area contributed by atoms with Gasteiger partial charge in [-0.2, -0.15) is 13.2 Å². The lowest BCUT2D eigenvalue weighted by Gasteiger charge is -2.18. The van der Waals surface area contributed by atoms with Gasteiger partial charge in [0.1, 0.15) is 12.4 Å². The maximum atomic E-state index is 12.1. The Morgan fingerprint density at radius 1 is 1.28 bits per heavy atom. The Bertz CT molecular complexity index is 402. The van der Waals surface area contributed by atoms with Crippen molar-refractivity contribution in [3.05, 3.63) is 29.3 Å². The number of hydrogen-bond acceptors (Lipinski definition) is 3. The summed E-state index contributed by atoms with van der Waals surface area (Å²) in [5, 5.41) is 18.3. The molecule has 1 rings (SSSR count). The second kappa shape index (κ2) is 5.58. The highest BCUT2D eigenvalue weighted by molar-refractivity contribution is 5.38. The zero-order valence-electron chi connectivity index (χ0n) is 10.0. The van der Waals surface area contributed by atoms with Gasteiger partial charge >= 0.3 is 6.18 Å². The van der Waals surface area contributed by atoms with E-state index in [1.807, 2.05) is 0 Å². The second-order valence-corrected chi connectivity index (χ2v) is 4.09. The zero-order valence-corrected chi connectivity index (χ0v) is 10.0. The molecule has 0 heterocycles. The van der Waals surface area contributed by atoms with Gasteiger partial charge in [0.2, 0.25) is 0 Å². The van der Waals surface area contributed by atoms with Gasteiger partial charge in [0.15, 0.2) is 6.10 Å². The summed E-state index contributed by atoms with van der Waals surface area (Å²) in [5.41, 5.74) is 1.25. The van der Waals surface area contributed by atoms with Gasteiger partial charge < -0.3 is 14.9 Å². The van der Waals surface area contributed by atoms with Crippen LogP contribution in [0.2, 0.25) is 0 Å². The zero-order chi connectivity index (χ0) is 13.9. The molecule has 1 aromatic carbocycles. The summed E-state index contributed by atoms with van der Waals surface area (Å²) in [4.78, 5) is 0. The number of ether oxygens (including phenoxy) is 1. The first-order valence-corrected chi connectivity index (χ1v) is 5.38. The van der Waals surface area contributed by atoms with Crippen molar-refractivity contribution in [2.45, 2.75) is 32.2 Å². The third-order valence-electron chi connectivity index (χ3n) is 2.39. The highest BCUT2D eigenvalue weighted by Gasteiger charge is 2.38. The third-order valence-corrected chi connectivity index (χ3v) is 2.39. The monoisotopic (exact) mass is 264 g/mol. The minimum absolute atomic E-state index is 0.138. The largest absolute Gasteiger partial charge is 0.490 e. The molecule has 0 aliphatic carbocycles. The molecule has 0 saturated carbocycles. The first kappa shape index (κ1) is 14.8. The molecule has 0 saturated heterocycles. The molecule has 0 aromatic heterocycles. The van der Waals surface area contributed by atoms with E-state index in [1.165, 1.54) is 13.0 Å². The van der Waals surface area contributed by atoms with Crippen LogP contribution in [0.4, 0.5) is 13.2 Å². The van der Waals surface area contributed by atoms with E-state index in [1.54, 1.807) is 19.1 Å². The van der Waals surface area contributed by atoms with Gasteiger partial charge in [0.25, 0.3) is 0 Å². The fourth-order valence-electron chi connectivity index (χ4n) is 1.39. The van der Waals surface area contributed by atoms with Crippen LogP contribution in [0.15, 0.2) is 18.2 Å². The molecule has 18 heavy (non-hydrogen) atoms. The molecule has 0 aliphatic rings. The Morgan fingerprint density at radius 2 is 1.89 bits per heavy atom. The Kier molecular flexibility index (Phi) is 4.59. The van der Waals surface area contributed by atoms with E-state index < -0.39 is 25.0 Å². The fraction of sp³-hybridized carbons (Fsp3) is 0.500. The van der Waals surface area contributed by atoms with Crippen molar-refractivity contribution >= 4 is 0 Å². The van der Waals surface area contributed by atoms with E-state index in [9.17, 15) is 18.3 Å². The molecule has 2 N–H and O–H groups in total. The molecule has 0 radical (unpaired) electrons. The summed E-state index contributed by atoms with van der Waals surface area (Å²) >= 11 is 0. The molecule has 2 atom stereocenters. The summed E-state index contributed by atoms with van der Waals surface area (Å²) in [6.45, 7) is 2.38. The van der Waals surface area contributed by atoms with Gasteiger partial charge in [0.05, 0.1) is 6.10 Å². The highest BCUT2D eigenvalue weighted by atomic mass is 19.4. The molecule has 0 amide bonds. The molecule has 6 heteroatoms. The van der Waals surface area contributed by atoms with E-state index >= 15 is 0 Å². The van der Waals surface area contributed by atoms with Gasteiger partial charge in [-0.3, -0.25) is 0 Å². The number of rotatable bonds is 4. The molecule has 0 spiro atoms. The van der Waals surface area contributed by atoms with Crippen LogP contribution in [0.1, 0.15) is 24.2 Å². The first-order valence-electron chi connectivity index (χ1n) is 5.38. The molecule has 0 aliphatic heterocycles. The van der Waals surface area contributed by atoms with E-state index in [0.717, 1.165) is 5.56 Å². The molecule has 0 fully saturated rings. The van der Waals surface area contributed by atoms with Crippen molar-refractivity contribution in [3.63, 3.8) is 0 Å². The maximum Gasteiger partial charge on any atom is 0.417 e. The van der Waals surface area contributed by atoms with Crippen molar-refractivity contribution in [1.82, 2.24) is 0 Å². The molecule has 1 unspecified atom stereocenters. The Hall–Kier alpha value is -1.27. The number of aliphatic hydroxyl groups excluding tert-OH is 2. The average molecular weight is 264 g/mol. The lowest BCUT2D eigenvalue weighted by Crippen LogP contribution is -2.34. The molecule has 3 nitrogen and oxygen atoms in total. The molecule has 0 bridgehead atoms. The smallest absolute Gasteiger partial charge is 0.417 e. The summed E-state index contributed by atoms with van der Waals surface area (Å²) in [7, 11) is 0. The van der Waals surface area contributed by atoms with Crippen LogP contribution in [0, 0.1) is 6.92 Å². The van der Waals surface area contributed by atoms with E-state index in [2.05, 4.69) is 0 Å². The van der Waals surface area contributed by atoms with Gasteiger partial charge in [0, 0.05) is 5.56 Å². The normalized spacial score (nSPS) is 15.3. The standard InChI is InChI=1S/C12H15F3O3/c1-7-3-4-10(9(5-7)8(2)16)18-6-11(17)12(13,14)15/h3-5,8,11,16-17H,6H2,1-2H3/t8-,11?/m1/s1. The summed E-state index contributed by atoms with van der Waals surface area (Å²) in [5.74, 6) is 0.138. The predicted octanol–water partition coefficient (Wildman–Crippen LogP) is 2.35. The maximum absolute atomic E-state index is 12.1.